The van der Waals surface area contributed by atoms with Gasteiger partial charge in [-0.2, -0.15) is 0 Å². The van der Waals surface area contributed by atoms with E-state index in [0.29, 0.717) is 17.5 Å². The first-order chi connectivity index (χ1) is 16.1. The van der Waals surface area contributed by atoms with Gasteiger partial charge in [0.2, 0.25) is 5.91 Å². The van der Waals surface area contributed by atoms with Gasteiger partial charge in [0.15, 0.2) is 0 Å². The molecule has 2 aliphatic carbocycles. The molecule has 2 saturated carbocycles. The molecule has 0 spiro atoms. The number of fused-ring (bicyclic) bond motifs is 1. The number of aromatic nitrogens is 2. The molecule has 1 heterocycles. The van der Waals surface area contributed by atoms with Gasteiger partial charge < -0.3 is 15.6 Å². The van der Waals surface area contributed by atoms with Crippen LogP contribution in [0.15, 0.2) is 42.5 Å². The summed E-state index contributed by atoms with van der Waals surface area (Å²) in [6, 6.07) is 13.6. The second-order valence-corrected chi connectivity index (χ2v) is 9.71. The average molecular weight is 445 g/mol. The standard InChI is InChI=1S/C27H32N4O2/c1-17-6-2-5-9-22(17)27(33)29-21-14-15-23-24(16-21)31-25(30-23)18-10-12-19(13-11-18)26(32)28-20-7-3-4-8-20/h10-17,20,22H,2-9H2,1H3,(H,28,32)(H,29,33)(H,30,31). The molecule has 2 unspecified atom stereocenters. The topological polar surface area (TPSA) is 86.9 Å². The molecule has 2 atom stereocenters. The third-order valence-corrected chi connectivity index (χ3v) is 7.31. The third kappa shape index (κ3) is 4.80. The van der Waals surface area contributed by atoms with Crippen molar-refractivity contribution in [2.45, 2.75) is 64.3 Å². The minimum Gasteiger partial charge on any atom is -0.349 e. The molecule has 0 aliphatic heterocycles. The highest BCUT2D eigenvalue weighted by atomic mass is 16.2. The van der Waals surface area contributed by atoms with Gasteiger partial charge in [-0.1, -0.05) is 44.7 Å². The van der Waals surface area contributed by atoms with E-state index in [2.05, 4.69) is 22.5 Å². The van der Waals surface area contributed by atoms with Gasteiger partial charge >= 0.3 is 0 Å². The molecule has 2 amide bonds. The molecule has 1 aromatic heterocycles. The second-order valence-electron chi connectivity index (χ2n) is 9.71. The van der Waals surface area contributed by atoms with Gasteiger partial charge in [0.05, 0.1) is 11.0 Å². The summed E-state index contributed by atoms with van der Waals surface area (Å²) < 4.78 is 0. The van der Waals surface area contributed by atoms with Gasteiger partial charge in [-0.05, 0) is 61.9 Å². The fraction of sp³-hybridized carbons (Fsp3) is 0.444. The highest BCUT2D eigenvalue weighted by molar-refractivity contribution is 5.96. The number of carbonyl (C=O) groups excluding carboxylic acids is 2. The van der Waals surface area contributed by atoms with E-state index in [4.69, 9.17) is 4.98 Å². The molecule has 0 radical (unpaired) electrons. The van der Waals surface area contributed by atoms with Crippen LogP contribution >= 0.6 is 0 Å². The van der Waals surface area contributed by atoms with Crippen molar-refractivity contribution < 1.29 is 9.59 Å². The lowest BCUT2D eigenvalue weighted by molar-refractivity contribution is -0.122. The summed E-state index contributed by atoms with van der Waals surface area (Å²) in [5.74, 6) is 1.39. The summed E-state index contributed by atoms with van der Waals surface area (Å²) in [4.78, 5) is 33.3. The summed E-state index contributed by atoms with van der Waals surface area (Å²) >= 11 is 0. The number of anilines is 1. The summed E-state index contributed by atoms with van der Waals surface area (Å²) in [5, 5.41) is 6.23. The van der Waals surface area contributed by atoms with Gasteiger partial charge in [0.1, 0.15) is 5.82 Å². The molecule has 0 bridgehead atoms. The average Bonchev–Trinajstić information content (AvgIpc) is 3.49. The Morgan fingerprint density at radius 3 is 2.42 bits per heavy atom. The minimum atomic E-state index is -0.00859. The number of amides is 2. The molecule has 33 heavy (non-hydrogen) atoms. The number of aromatic amines is 1. The van der Waals surface area contributed by atoms with Gasteiger partial charge in [-0.15, -0.1) is 0 Å². The molecule has 2 fully saturated rings. The monoisotopic (exact) mass is 444 g/mol. The number of benzene rings is 2. The zero-order chi connectivity index (χ0) is 22.8. The van der Waals surface area contributed by atoms with Crippen molar-refractivity contribution >= 4 is 28.5 Å². The molecule has 2 aliphatic rings. The van der Waals surface area contributed by atoms with E-state index in [1.165, 1.54) is 19.3 Å². The van der Waals surface area contributed by atoms with Crippen LogP contribution in [0.5, 0.6) is 0 Å². The largest absolute Gasteiger partial charge is 0.349 e. The third-order valence-electron chi connectivity index (χ3n) is 7.31. The van der Waals surface area contributed by atoms with E-state index in [1.54, 1.807) is 0 Å². The first-order valence-corrected chi connectivity index (χ1v) is 12.3. The molecule has 3 aromatic rings. The van der Waals surface area contributed by atoms with E-state index in [-0.39, 0.29) is 17.7 Å². The van der Waals surface area contributed by atoms with E-state index < -0.39 is 0 Å². The maximum Gasteiger partial charge on any atom is 0.251 e. The SMILES string of the molecule is CC1CCCCC1C(=O)Nc1ccc2nc(-c3ccc(C(=O)NC4CCCC4)cc3)[nH]c2c1. The summed E-state index contributed by atoms with van der Waals surface area (Å²) in [7, 11) is 0. The zero-order valence-electron chi connectivity index (χ0n) is 19.2. The van der Waals surface area contributed by atoms with Crippen LogP contribution in [-0.4, -0.2) is 27.8 Å². The normalized spacial score (nSPS) is 21.2. The van der Waals surface area contributed by atoms with E-state index in [0.717, 1.165) is 60.2 Å². The van der Waals surface area contributed by atoms with Crippen molar-refractivity contribution in [1.82, 2.24) is 15.3 Å². The molecule has 2 aromatic carbocycles. The lowest BCUT2D eigenvalue weighted by Gasteiger charge is -2.27. The van der Waals surface area contributed by atoms with Gasteiger partial charge in [0, 0.05) is 28.8 Å². The molecule has 6 nitrogen and oxygen atoms in total. The first kappa shape index (κ1) is 21.7. The van der Waals surface area contributed by atoms with Gasteiger partial charge in [-0.3, -0.25) is 9.59 Å². The fourth-order valence-corrected chi connectivity index (χ4v) is 5.28. The maximum absolute atomic E-state index is 12.8. The number of nitrogens with zero attached hydrogens (tertiary/aromatic N) is 1. The quantitative estimate of drug-likeness (QED) is 0.474. The Labute approximate surface area is 194 Å². The predicted molar refractivity (Wildman–Crippen MR) is 131 cm³/mol. The van der Waals surface area contributed by atoms with Crippen LogP contribution in [0.4, 0.5) is 5.69 Å². The summed E-state index contributed by atoms with van der Waals surface area (Å²) in [6.07, 6.45) is 8.99. The molecule has 6 heteroatoms. The number of hydrogen-bond acceptors (Lipinski definition) is 3. The Morgan fingerprint density at radius 2 is 1.67 bits per heavy atom. The molecule has 3 N–H and O–H groups in total. The Morgan fingerprint density at radius 1 is 0.939 bits per heavy atom. The van der Waals surface area contributed by atoms with Crippen LogP contribution < -0.4 is 10.6 Å². The van der Waals surface area contributed by atoms with Crippen LogP contribution in [0, 0.1) is 11.8 Å². The van der Waals surface area contributed by atoms with E-state index in [1.807, 2.05) is 42.5 Å². The van der Waals surface area contributed by atoms with Crippen molar-refractivity contribution in [2.24, 2.45) is 11.8 Å². The highest BCUT2D eigenvalue weighted by Crippen LogP contribution is 2.31. The zero-order valence-corrected chi connectivity index (χ0v) is 19.2. The number of rotatable bonds is 5. The summed E-state index contributed by atoms with van der Waals surface area (Å²) in [5.41, 5.74) is 4.10. The van der Waals surface area contributed by atoms with Crippen LogP contribution in [-0.2, 0) is 4.79 Å². The molecular formula is C27H32N4O2. The lowest BCUT2D eigenvalue weighted by Crippen LogP contribution is -2.32. The number of imidazole rings is 1. The molecule has 0 saturated heterocycles. The van der Waals surface area contributed by atoms with Crippen molar-refractivity contribution in [1.29, 1.82) is 0 Å². The Kier molecular flexibility index (Phi) is 6.16. The smallest absolute Gasteiger partial charge is 0.251 e. The van der Waals surface area contributed by atoms with Crippen molar-refractivity contribution in [3.63, 3.8) is 0 Å². The van der Waals surface area contributed by atoms with Crippen molar-refractivity contribution in [3.05, 3.63) is 48.0 Å². The number of carbonyl (C=O) groups is 2. The Hall–Kier alpha value is -3.15. The number of H-pyrrole nitrogens is 1. The van der Waals surface area contributed by atoms with E-state index in [9.17, 15) is 9.59 Å². The number of hydrogen-bond donors (Lipinski definition) is 3. The van der Waals surface area contributed by atoms with Crippen LogP contribution in [0.3, 0.4) is 0 Å². The molecular weight excluding hydrogens is 412 g/mol. The molecule has 5 rings (SSSR count). The van der Waals surface area contributed by atoms with Crippen molar-refractivity contribution in [3.8, 4) is 11.4 Å². The van der Waals surface area contributed by atoms with E-state index >= 15 is 0 Å². The Bertz CT molecular complexity index is 1140. The van der Waals surface area contributed by atoms with Crippen LogP contribution in [0.25, 0.3) is 22.4 Å². The fourth-order valence-electron chi connectivity index (χ4n) is 5.28. The summed E-state index contributed by atoms with van der Waals surface area (Å²) in [6.45, 7) is 2.18. The minimum absolute atomic E-state index is 0.00859. The predicted octanol–water partition coefficient (Wildman–Crippen LogP) is 5.67. The van der Waals surface area contributed by atoms with Crippen LogP contribution in [0.1, 0.15) is 68.6 Å². The highest BCUT2D eigenvalue weighted by Gasteiger charge is 2.27. The Balaban J connectivity index is 1.28. The molecule has 172 valence electrons. The number of nitrogens with one attached hydrogen (secondary N) is 3. The lowest BCUT2D eigenvalue weighted by atomic mass is 9.80. The maximum atomic E-state index is 12.8. The van der Waals surface area contributed by atoms with Gasteiger partial charge in [0.25, 0.3) is 5.91 Å². The van der Waals surface area contributed by atoms with Crippen molar-refractivity contribution in [2.75, 3.05) is 5.32 Å². The van der Waals surface area contributed by atoms with Gasteiger partial charge in [-0.25, -0.2) is 4.98 Å². The second kappa shape index (κ2) is 9.38. The first-order valence-electron chi connectivity index (χ1n) is 12.3. The van der Waals surface area contributed by atoms with Crippen LogP contribution in [0.2, 0.25) is 0 Å².